The van der Waals surface area contributed by atoms with E-state index in [9.17, 15) is 23.9 Å². The molecule has 3 aromatic carbocycles. The van der Waals surface area contributed by atoms with E-state index in [0.29, 0.717) is 22.6 Å². The number of aromatic hydroxyl groups is 1. The number of barbiturate groups is 1. The van der Waals surface area contributed by atoms with Crippen molar-refractivity contribution in [1.82, 2.24) is 5.32 Å². The number of benzene rings is 3. The number of hydrogen-bond acceptors (Lipinski definition) is 6. The SMILES string of the molecule is COc1cc(C=C2C(=O)NC(=O)N(c3ccc(O)cc3)C2=O)ccc1OCc1ccccc1F. The maximum Gasteiger partial charge on any atom is 0.335 e. The number of carbonyl (C=O) groups is 3. The normalized spacial score (nSPS) is 14.8. The minimum absolute atomic E-state index is 0.0198. The van der Waals surface area contributed by atoms with E-state index < -0.39 is 23.7 Å². The number of anilines is 1. The van der Waals surface area contributed by atoms with Crippen molar-refractivity contribution in [2.45, 2.75) is 6.61 Å². The maximum atomic E-state index is 13.8. The average Bonchev–Trinajstić information content (AvgIpc) is 2.82. The lowest BCUT2D eigenvalue weighted by Gasteiger charge is -2.26. The minimum atomic E-state index is -0.896. The summed E-state index contributed by atoms with van der Waals surface area (Å²) in [5.74, 6) is -1.45. The van der Waals surface area contributed by atoms with Gasteiger partial charge in [-0.1, -0.05) is 24.3 Å². The number of carbonyl (C=O) groups excluding carboxylic acids is 3. The lowest BCUT2D eigenvalue weighted by atomic mass is 10.1. The van der Waals surface area contributed by atoms with Crippen LogP contribution in [0.15, 0.2) is 72.3 Å². The van der Waals surface area contributed by atoms with Gasteiger partial charge in [0, 0.05) is 5.56 Å². The van der Waals surface area contributed by atoms with E-state index in [1.807, 2.05) is 0 Å². The van der Waals surface area contributed by atoms with Gasteiger partial charge in [-0.3, -0.25) is 14.9 Å². The van der Waals surface area contributed by atoms with Crippen LogP contribution in [0.4, 0.5) is 14.9 Å². The molecule has 4 rings (SSSR count). The summed E-state index contributed by atoms with van der Waals surface area (Å²) < 4.78 is 24.9. The van der Waals surface area contributed by atoms with Crippen LogP contribution < -0.4 is 19.7 Å². The number of methoxy groups -OCH3 is 1. The molecule has 0 radical (unpaired) electrons. The van der Waals surface area contributed by atoms with E-state index in [4.69, 9.17) is 9.47 Å². The molecule has 172 valence electrons. The van der Waals surface area contributed by atoms with Crippen LogP contribution in [-0.4, -0.2) is 30.1 Å². The number of halogens is 1. The van der Waals surface area contributed by atoms with Crippen molar-refractivity contribution in [2.75, 3.05) is 12.0 Å². The van der Waals surface area contributed by atoms with Crippen molar-refractivity contribution in [1.29, 1.82) is 0 Å². The first-order valence-corrected chi connectivity index (χ1v) is 10.1. The second kappa shape index (κ2) is 9.45. The fourth-order valence-electron chi connectivity index (χ4n) is 3.32. The average molecular weight is 462 g/mol. The first-order valence-electron chi connectivity index (χ1n) is 10.1. The molecule has 3 aromatic rings. The fraction of sp³-hybridized carbons (Fsp3) is 0.0800. The van der Waals surface area contributed by atoms with E-state index in [0.717, 1.165) is 4.90 Å². The smallest absolute Gasteiger partial charge is 0.335 e. The predicted octanol–water partition coefficient (Wildman–Crippen LogP) is 3.79. The Morgan fingerprint density at radius 3 is 2.44 bits per heavy atom. The molecule has 2 N–H and O–H groups in total. The van der Waals surface area contributed by atoms with Gasteiger partial charge in [-0.05, 0) is 54.1 Å². The largest absolute Gasteiger partial charge is 0.508 e. The van der Waals surface area contributed by atoms with Gasteiger partial charge in [0.05, 0.1) is 12.8 Å². The number of nitrogens with one attached hydrogen (secondary N) is 1. The van der Waals surface area contributed by atoms with Gasteiger partial charge in [-0.2, -0.15) is 0 Å². The van der Waals surface area contributed by atoms with Crippen LogP contribution >= 0.6 is 0 Å². The number of rotatable bonds is 6. The summed E-state index contributed by atoms with van der Waals surface area (Å²) in [4.78, 5) is 38.4. The van der Waals surface area contributed by atoms with Crippen molar-refractivity contribution >= 4 is 29.6 Å². The number of hydrogen-bond donors (Lipinski definition) is 2. The van der Waals surface area contributed by atoms with Gasteiger partial charge in [0.25, 0.3) is 11.8 Å². The van der Waals surface area contributed by atoms with Gasteiger partial charge < -0.3 is 14.6 Å². The summed E-state index contributed by atoms with van der Waals surface area (Å²) in [5.41, 5.74) is 0.732. The zero-order valence-electron chi connectivity index (χ0n) is 17.9. The van der Waals surface area contributed by atoms with Crippen LogP contribution in [0.25, 0.3) is 6.08 Å². The third-order valence-corrected chi connectivity index (χ3v) is 5.05. The highest BCUT2D eigenvalue weighted by atomic mass is 19.1. The van der Waals surface area contributed by atoms with Crippen molar-refractivity contribution in [3.8, 4) is 17.2 Å². The highest BCUT2D eigenvalue weighted by Gasteiger charge is 2.36. The predicted molar refractivity (Wildman–Crippen MR) is 121 cm³/mol. The minimum Gasteiger partial charge on any atom is -0.508 e. The van der Waals surface area contributed by atoms with Crippen LogP contribution in [0.2, 0.25) is 0 Å². The number of phenols is 1. The molecule has 1 aliphatic heterocycles. The lowest BCUT2D eigenvalue weighted by Crippen LogP contribution is -2.54. The van der Waals surface area contributed by atoms with Gasteiger partial charge in [0.2, 0.25) is 0 Å². The molecule has 0 aromatic heterocycles. The second-order valence-corrected chi connectivity index (χ2v) is 7.26. The summed E-state index contributed by atoms with van der Waals surface area (Å²) in [6, 6.07) is 15.4. The van der Waals surface area contributed by atoms with Gasteiger partial charge in [-0.15, -0.1) is 0 Å². The Bertz CT molecular complexity index is 1300. The molecule has 0 aliphatic carbocycles. The molecule has 34 heavy (non-hydrogen) atoms. The Morgan fingerprint density at radius 2 is 1.74 bits per heavy atom. The van der Waals surface area contributed by atoms with Crippen molar-refractivity contribution in [2.24, 2.45) is 0 Å². The molecule has 1 saturated heterocycles. The molecule has 1 fully saturated rings. The van der Waals surface area contributed by atoms with E-state index in [2.05, 4.69) is 5.32 Å². The van der Waals surface area contributed by atoms with Crippen LogP contribution in [-0.2, 0) is 16.2 Å². The molecule has 9 heteroatoms. The Morgan fingerprint density at radius 1 is 1.00 bits per heavy atom. The summed E-state index contributed by atoms with van der Waals surface area (Å²) >= 11 is 0. The molecule has 4 amide bonds. The summed E-state index contributed by atoms with van der Waals surface area (Å²) in [7, 11) is 1.42. The van der Waals surface area contributed by atoms with Gasteiger partial charge >= 0.3 is 6.03 Å². The summed E-state index contributed by atoms with van der Waals surface area (Å²) in [6.07, 6.45) is 1.32. The number of amides is 4. The van der Waals surface area contributed by atoms with E-state index >= 15 is 0 Å². The standard InChI is InChI=1S/C25H19FN2O6/c1-33-22-13-15(6-11-21(22)34-14-16-4-2-3-5-20(16)26)12-19-23(30)27-25(32)28(24(19)31)17-7-9-18(29)10-8-17/h2-13,29H,14H2,1H3,(H,27,30,32). The van der Waals surface area contributed by atoms with Gasteiger partial charge in [0.1, 0.15) is 23.7 Å². The summed E-state index contributed by atoms with van der Waals surface area (Å²) in [5, 5.41) is 11.6. The molecule has 8 nitrogen and oxygen atoms in total. The fourth-order valence-corrected chi connectivity index (χ4v) is 3.32. The molecule has 0 bridgehead atoms. The third kappa shape index (κ3) is 4.58. The van der Waals surface area contributed by atoms with Crippen LogP contribution in [0.1, 0.15) is 11.1 Å². The Kier molecular flexibility index (Phi) is 6.26. The van der Waals surface area contributed by atoms with Crippen molar-refractivity contribution in [3.05, 3.63) is 89.2 Å². The highest BCUT2D eigenvalue weighted by Crippen LogP contribution is 2.31. The molecular weight excluding hydrogens is 443 g/mol. The maximum absolute atomic E-state index is 13.8. The third-order valence-electron chi connectivity index (χ3n) is 5.05. The molecule has 0 spiro atoms. The molecular formula is C25H19FN2O6. The number of urea groups is 1. The molecule has 0 saturated carbocycles. The van der Waals surface area contributed by atoms with E-state index in [-0.39, 0.29) is 23.6 Å². The number of imide groups is 2. The molecule has 1 aliphatic rings. The van der Waals surface area contributed by atoms with Crippen molar-refractivity contribution < 1.29 is 33.4 Å². The Hall–Kier alpha value is -4.66. The highest BCUT2D eigenvalue weighted by molar-refractivity contribution is 6.39. The zero-order valence-corrected chi connectivity index (χ0v) is 17.9. The molecule has 1 heterocycles. The molecule has 0 atom stereocenters. The first kappa shape index (κ1) is 22.5. The van der Waals surface area contributed by atoms with Gasteiger partial charge in [0.15, 0.2) is 11.5 Å². The zero-order chi connectivity index (χ0) is 24.2. The van der Waals surface area contributed by atoms with Crippen LogP contribution in [0.3, 0.4) is 0 Å². The first-order chi connectivity index (χ1) is 16.4. The Balaban J connectivity index is 1.60. The van der Waals surface area contributed by atoms with E-state index in [1.54, 1.807) is 36.4 Å². The number of phenolic OH excluding ortho intramolecular Hbond substituents is 1. The number of ether oxygens (including phenoxy) is 2. The van der Waals surface area contributed by atoms with E-state index in [1.165, 1.54) is 43.5 Å². The number of nitrogens with zero attached hydrogens (tertiary/aromatic N) is 1. The van der Waals surface area contributed by atoms with Gasteiger partial charge in [-0.25, -0.2) is 14.1 Å². The quantitative estimate of drug-likeness (QED) is 0.427. The van der Waals surface area contributed by atoms with Crippen molar-refractivity contribution in [3.63, 3.8) is 0 Å². The summed E-state index contributed by atoms with van der Waals surface area (Å²) in [6.45, 7) is -0.0198. The monoisotopic (exact) mass is 462 g/mol. The molecule has 0 unspecified atom stereocenters. The topological polar surface area (TPSA) is 105 Å². The van der Waals surface area contributed by atoms with Crippen LogP contribution in [0.5, 0.6) is 17.2 Å². The van der Waals surface area contributed by atoms with Crippen LogP contribution in [0, 0.1) is 5.82 Å². The Labute approximate surface area is 193 Å². The lowest BCUT2D eigenvalue weighted by molar-refractivity contribution is -0.122. The second-order valence-electron chi connectivity index (χ2n) is 7.26.